The first kappa shape index (κ1) is 38.9. The molecule has 290 valence electrons. The first-order valence-corrected chi connectivity index (χ1v) is 18.7. The lowest BCUT2D eigenvalue weighted by Crippen LogP contribution is -2.97. The Labute approximate surface area is 302 Å². The van der Waals surface area contributed by atoms with E-state index in [-0.39, 0.29) is 43.0 Å². The quantitative estimate of drug-likeness (QED) is 0.0656. The molecule has 6 aliphatic heterocycles. The fourth-order valence-corrected chi connectivity index (χ4v) is 11.5. The monoisotopic (exact) mass is 745 g/mol. The van der Waals surface area contributed by atoms with Crippen LogP contribution in [0.25, 0.3) is 0 Å². The second-order valence-corrected chi connectivity index (χ2v) is 18.0. The first-order valence-electron chi connectivity index (χ1n) is 17.7. The van der Waals surface area contributed by atoms with Gasteiger partial charge in [-0.2, -0.15) is 11.8 Å². The first-order chi connectivity index (χ1) is 23.5. The van der Waals surface area contributed by atoms with E-state index >= 15 is 0 Å². The van der Waals surface area contributed by atoms with Gasteiger partial charge in [-0.1, -0.05) is 13.3 Å². The maximum absolute atomic E-state index is 13.0. The molecule has 16 nitrogen and oxygen atoms in total. The van der Waals surface area contributed by atoms with Crippen LogP contribution in [0.1, 0.15) is 81.1 Å². The Kier molecular flexibility index (Phi) is 9.23. The van der Waals surface area contributed by atoms with Crippen molar-refractivity contribution in [1.29, 1.82) is 0 Å². The van der Waals surface area contributed by atoms with Crippen molar-refractivity contribution in [2.75, 3.05) is 32.2 Å². The van der Waals surface area contributed by atoms with Gasteiger partial charge in [0.1, 0.15) is 52.9 Å². The highest BCUT2D eigenvalue weighted by molar-refractivity contribution is 8.00. The predicted octanol–water partition coefficient (Wildman–Crippen LogP) is -0.795. The van der Waals surface area contributed by atoms with Crippen molar-refractivity contribution in [3.05, 3.63) is 0 Å². The second-order valence-electron chi connectivity index (χ2n) is 16.7. The molecule has 51 heavy (non-hydrogen) atoms. The zero-order chi connectivity index (χ0) is 37.8. The standard InChI is InChI=1S/C34H55N3O13S/c1-18(40)37-29(5)26(2,16-46-21(41)12-10-9-11-20-22-19(13-51-20)35-25(43)36-22)48-33(14-38)23(42)28(29,4)24(33)47-17-27(3)30(6,44)32(8)31(7,45)34(15-39,49-27)50-32/h19-20,22-24,38-39,42,44-45H,9-17H2,1-8H3,(H,37,40)(H2,35,36,43)/t19-,20?,22-,23-,24?,26-,27-,28?,29?,30?,31+,32?,33?,34?/m0/s1. The van der Waals surface area contributed by atoms with E-state index in [1.54, 1.807) is 27.7 Å². The van der Waals surface area contributed by atoms with E-state index in [0.29, 0.717) is 6.42 Å². The molecule has 6 saturated heterocycles. The van der Waals surface area contributed by atoms with Crippen LogP contribution < -0.4 is 16.0 Å². The number of carbonyl (C=O) groups excluding carboxylic acids is 3. The lowest BCUT2D eigenvalue weighted by atomic mass is 9.42. The molecule has 0 radical (unpaired) electrons. The van der Waals surface area contributed by atoms with E-state index in [0.717, 1.165) is 18.6 Å². The van der Waals surface area contributed by atoms with Crippen LogP contribution in [0.2, 0.25) is 0 Å². The summed E-state index contributed by atoms with van der Waals surface area (Å²) < 4.78 is 30.7. The van der Waals surface area contributed by atoms with Gasteiger partial charge in [0.25, 0.3) is 0 Å². The van der Waals surface area contributed by atoms with E-state index in [2.05, 4.69) is 16.0 Å². The number of nitrogens with one attached hydrogen (secondary N) is 3. The predicted molar refractivity (Wildman–Crippen MR) is 180 cm³/mol. The van der Waals surface area contributed by atoms with Gasteiger partial charge in [-0.15, -0.1) is 0 Å². The average Bonchev–Trinajstić information content (AvgIpc) is 3.61. The van der Waals surface area contributed by atoms with Crippen molar-refractivity contribution in [2.24, 2.45) is 5.41 Å². The van der Waals surface area contributed by atoms with Crippen LogP contribution in [0.15, 0.2) is 0 Å². The number of rotatable bonds is 13. The molecule has 17 heteroatoms. The molecule has 6 heterocycles. The van der Waals surface area contributed by atoms with Gasteiger partial charge >= 0.3 is 12.0 Å². The third-order valence-corrected chi connectivity index (χ3v) is 15.4. The number of carbonyl (C=O) groups is 3. The van der Waals surface area contributed by atoms with Crippen molar-refractivity contribution in [3.63, 3.8) is 0 Å². The lowest BCUT2D eigenvalue weighted by molar-refractivity contribution is -0.580. The summed E-state index contributed by atoms with van der Waals surface area (Å²) in [4.78, 5) is 37.4. The van der Waals surface area contributed by atoms with E-state index in [1.807, 2.05) is 11.8 Å². The molecular weight excluding hydrogens is 690 g/mol. The van der Waals surface area contributed by atoms with Crippen LogP contribution in [0.3, 0.4) is 0 Å². The SMILES string of the molecule is CC(=O)NC1(C)C2(C)C(OC[C@]3(C)OC4(CO)OC(C)(C3(C)O)[C@@]4(C)O)C(CO)(O[C@@]1(C)COC(=O)CCCCC1SC[C@@H]3NC(=O)N[C@H]13)[C@H]2O. The molecule has 1 aliphatic carbocycles. The van der Waals surface area contributed by atoms with Crippen LogP contribution in [-0.2, 0) is 33.3 Å². The Morgan fingerprint density at radius 3 is 2.24 bits per heavy atom. The van der Waals surface area contributed by atoms with Crippen LogP contribution in [0.5, 0.6) is 0 Å². The summed E-state index contributed by atoms with van der Waals surface area (Å²) >= 11 is 1.81. The van der Waals surface area contributed by atoms with Crippen molar-refractivity contribution < 1.29 is 63.6 Å². The van der Waals surface area contributed by atoms with Crippen LogP contribution in [0, 0.1) is 5.41 Å². The number of unbranched alkanes of at least 4 members (excludes halogenated alkanes) is 1. The minimum atomic E-state index is -1.88. The minimum Gasteiger partial charge on any atom is -0.463 e. The molecular formula is C34H55N3O13S. The minimum absolute atomic E-state index is 0.0850. The summed E-state index contributed by atoms with van der Waals surface area (Å²) in [6.45, 7) is 10.2. The molecule has 0 aromatic heterocycles. The molecule has 4 bridgehead atoms. The summed E-state index contributed by atoms with van der Waals surface area (Å²) in [6.07, 6.45) is -0.129. The van der Waals surface area contributed by atoms with Crippen LogP contribution >= 0.6 is 11.8 Å². The van der Waals surface area contributed by atoms with Gasteiger partial charge in [-0.25, -0.2) is 4.79 Å². The van der Waals surface area contributed by atoms with E-state index in [1.165, 1.54) is 27.7 Å². The van der Waals surface area contributed by atoms with Gasteiger partial charge in [-0.05, 0) is 54.4 Å². The summed E-state index contributed by atoms with van der Waals surface area (Å²) in [6, 6.07) is 0.0708. The largest absolute Gasteiger partial charge is 0.463 e. The molecule has 7 fully saturated rings. The molecule has 7 aliphatic rings. The van der Waals surface area contributed by atoms with Crippen molar-refractivity contribution in [2.45, 2.75) is 156 Å². The summed E-state index contributed by atoms with van der Waals surface area (Å²) in [5.41, 5.74) is -12.8. The molecule has 14 atom stereocenters. The third kappa shape index (κ3) is 4.88. The van der Waals surface area contributed by atoms with Crippen molar-refractivity contribution in [3.8, 4) is 0 Å². The Morgan fingerprint density at radius 1 is 0.941 bits per heavy atom. The highest BCUT2D eigenvalue weighted by Gasteiger charge is 2.88. The molecule has 3 amide bonds. The maximum Gasteiger partial charge on any atom is 0.315 e. The van der Waals surface area contributed by atoms with Gasteiger partial charge in [-0.3, -0.25) is 9.59 Å². The molecule has 1 saturated carbocycles. The number of thioether (sulfide) groups is 1. The Morgan fingerprint density at radius 2 is 1.63 bits per heavy atom. The van der Waals surface area contributed by atoms with Crippen molar-refractivity contribution >= 4 is 29.7 Å². The normalized spacial score (nSPS) is 52.2. The van der Waals surface area contributed by atoms with E-state index in [4.69, 9.17) is 23.7 Å². The van der Waals surface area contributed by atoms with Gasteiger partial charge < -0.3 is 65.2 Å². The van der Waals surface area contributed by atoms with Gasteiger partial charge in [0.05, 0.1) is 42.4 Å². The van der Waals surface area contributed by atoms with Crippen LogP contribution in [0.4, 0.5) is 4.79 Å². The molecule has 8 unspecified atom stereocenters. The molecule has 8 N–H and O–H groups in total. The van der Waals surface area contributed by atoms with Crippen molar-refractivity contribution in [1.82, 2.24) is 16.0 Å². The maximum atomic E-state index is 13.0. The topological polar surface area (TPSA) is 235 Å². The number of urea groups is 1. The van der Waals surface area contributed by atoms with Gasteiger partial charge in [0.2, 0.25) is 11.7 Å². The second kappa shape index (κ2) is 12.1. The number of aliphatic hydroxyl groups excluding tert-OH is 3. The number of aliphatic hydroxyl groups is 5. The number of esters is 1. The van der Waals surface area contributed by atoms with Crippen LogP contribution in [-0.4, -0.2) is 150 Å². The molecule has 0 aromatic carbocycles. The van der Waals surface area contributed by atoms with E-state index < -0.39 is 87.6 Å². The summed E-state index contributed by atoms with van der Waals surface area (Å²) in [5, 5.41) is 64.9. The number of fused-ring (bicyclic) bond motifs is 5. The summed E-state index contributed by atoms with van der Waals surface area (Å²) in [7, 11) is 0. The molecule has 0 aromatic rings. The lowest BCUT2D eigenvalue weighted by Gasteiger charge is -2.78. The number of hydrogen-bond acceptors (Lipinski definition) is 14. The summed E-state index contributed by atoms with van der Waals surface area (Å²) in [5.74, 6) is -1.91. The average molecular weight is 746 g/mol. The van der Waals surface area contributed by atoms with Gasteiger partial charge in [0, 0.05) is 24.3 Å². The fraction of sp³-hybridized carbons (Fsp3) is 0.912. The Bertz CT molecular complexity index is 1450. The zero-order valence-corrected chi connectivity index (χ0v) is 31.5. The number of amides is 3. The third-order valence-electron chi connectivity index (χ3n) is 13.9. The van der Waals surface area contributed by atoms with E-state index in [9.17, 15) is 39.9 Å². The Hall–Kier alpha value is -1.80. The van der Waals surface area contributed by atoms with Gasteiger partial charge in [0.15, 0.2) is 0 Å². The fourth-order valence-electron chi connectivity index (χ4n) is 9.94. The number of hydrogen-bond donors (Lipinski definition) is 8. The highest BCUT2D eigenvalue weighted by atomic mass is 32.2. The zero-order valence-electron chi connectivity index (χ0n) is 30.7. The number of ether oxygens (including phenoxy) is 5. The smallest absolute Gasteiger partial charge is 0.315 e. The Balaban J connectivity index is 1.15. The highest BCUT2D eigenvalue weighted by Crippen LogP contribution is 2.68. The molecule has 7 rings (SSSR count). The molecule has 0 spiro atoms.